The first-order valence-electron chi connectivity index (χ1n) is 14.1. The van der Waals surface area contributed by atoms with Gasteiger partial charge in [-0.2, -0.15) is 0 Å². The van der Waals surface area contributed by atoms with Crippen LogP contribution in [0.3, 0.4) is 0 Å². The molecule has 3 atom stereocenters. The van der Waals surface area contributed by atoms with E-state index in [4.69, 9.17) is 4.74 Å². The number of rotatable bonds is 16. The Morgan fingerprint density at radius 3 is 2.51 bits per heavy atom. The van der Waals surface area contributed by atoms with Gasteiger partial charge < -0.3 is 19.7 Å². The van der Waals surface area contributed by atoms with Gasteiger partial charge >= 0.3 is 0 Å². The van der Waals surface area contributed by atoms with Gasteiger partial charge in [-0.25, -0.2) is 0 Å². The molecule has 206 valence electrons. The van der Waals surface area contributed by atoms with Crippen molar-refractivity contribution in [2.75, 3.05) is 13.7 Å². The van der Waals surface area contributed by atoms with Crippen molar-refractivity contribution in [1.29, 1.82) is 0 Å². The van der Waals surface area contributed by atoms with Crippen LogP contribution in [0.25, 0.3) is 10.9 Å². The molecule has 0 spiro atoms. The first-order valence-corrected chi connectivity index (χ1v) is 14.1. The smallest absolute Gasteiger partial charge is 0.293 e. The summed E-state index contributed by atoms with van der Waals surface area (Å²) in [5.41, 5.74) is 4.12. The number of hydrogen-bond acceptors (Lipinski definition) is 4. The first kappa shape index (κ1) is 30.9. The van der Waals surface area contributed by atoms with Crippen LogP contribution in [0.1, 0.15) is 98.0 Å². The van der Waals surface area contributed by atoms with E-state index in [-0.39, 0.29) is 23.3 Å². The maximum atomic E-state index is 13.2. The van der Waals surface area contributed by atoms with E-state index in [9.17, 15) is 9.90 Å². The Kier molecular flexibility index (Phi) is 13.2. The number of hydrogen-bond donors (Lipinski definition) is 2. The fourth-order valence-corrected chi connectivity index (χ4v) is 5.11. The molecule has 0 fully saturated rings. The summed E-state index contributed by atoms with van der Waals surface area (Å²) in [6.45, 7) is 14.4. The standard InChI is InChI=1S/C32H50N2O3/c1-8-10-22-34-28-17-12-11-16-27(28)30(31(35)32(34)36)26(9-2)29(37-7)19-18-25(6)33-21-20-24(5)15-13-14-23(3)4/h11-12,14,16-17,20,25-26,29,33,35H,8-10,13,15,18-19,21-22H2,1-7H3. The van der Waals surface area contributed by atoms with Gasteiger partial charge in [0.05, 0.1) is 11.6 Å². The zero-order chi connectivity index (χ0) is 27.4. The lowest BCUT2D eigenvalue weighted by atomic mass is 9.85. The molecule has 2 N–H and O–H groups in total. The normalized spacial score (nSPS) is 14.5. The highest BCUT2D eigenvalue weighted by atomic mass is 16.5. The number of benzene rings is 1. The minimum atomic E-state index is -0.294. The summed E-state index contributed by atoms with van der Waals surface area (Å²) < 4.78 is 7.72. The number of pyridine rings is 1. The van der Waals surface area contributed by atoms with Crippen LogP contribution in [-0.2, 0) is 11.3 Å². The predicted molar refractivity (Wildman–Crippen MR) is 158 cm³/mol. The molecule has 1 aromatic heterocycles. The predicted octanol–water partition coefficient (Wildman–Crippen LogP) is 7.47. The van der Waals surface area contributed by atoms with Gasteiger partial charge in [-0.1, -0.05) is 61.8 Å². The fraction of sp³-hybridized carbons (Fsp3) is 0.594. The van der Waals surface area contributed by atoms with Crippen molar-refractivity contribution < 1.29 is 9.84 Å². The molecule has 0 aliphatic carbocycles. The highest BCUT2D eigenvalue weighted by Crippen LogP contribution is 2.37. The number of methoxy groups -OCH3 is 1. The van der Waals surface area contributed by atoms with Crippen LogP contribution in [0.2, 0.25) is 0 Å². The molecular weight excluding hydrogens is 460 g/mol. The number of aromatic hydroxyl groups is 1. The van der Waals surface area contributed by atoms with E-state index in [0.717, 1.165) is 68.0 Å². The monoisotopic (exact) mass is 510 g/mol. The Hall–Kier alpha value is -2.37. The number of fused-ring (bicyclic) bond motifs is 1. The second-order valence-corrected chi connectivity index (χ2v) is 10.6. The average molecular weight is 511 g/mol. The molecule has 2 rings (SSSR count). The van der Waals surface area contributed by atoms with E-state index < -0.39 is 0 Å². The van der Waals surface area contributed by atoms with Crippen LogP contribution in [0, 0.1) is 0 Å². The van der Waals surface area contributed by atoms with Crippen molar-refractivity contribution in [3.63, 3.8) is 0 Å². The highest BCUT2D eigenvalue weighted by molar-refractivity contribution is 5.85. The summed E-state index contributed by atoms with van der Waals surface area (Å²) in [4.78, 5) is 13.2. The van der Waals surface area contributed by atoms with Crippen LogP contribution >= 0.6 is 0 Å². The van der Waals surface area contributed by atoms with Gasteiger partial charge in [0, 0.05) is 43.1 Å². The van der Waals surface area contributed by atoms with Gasteiger partial charge in [0.25, 0.3) is 5.56 Å². The minimum Gasteiger partial charge on any atom is -0.503 e. The number of unbranched alkanes of at least 4 members (excludes halogenated alkanes) is 1. The number of aryl methyl sites for hydroxylation is 1. The van der Waals surface area contributed by atoms with Gasteiger partial charge in [-0.3, -0.25) is 4.79 Å². The summed E-state index contributed by atoms with van der Waals surface area (Å²) in [5, 5.41) is 15.7. The summed E-state index contributed by atoms with van der Waals surface area (Å²) in [7, 11) is 1.74. The third-order valence-electron chi connectivity index (χ3n) is 7.38. The lowest BCUT2D eigenvalue weighted by Crippen LogP contribution is -2.30. The molecule has 0 radical (unpaired) electrons. The number of nitrogens with one attached hydrogen (secondary N) is 1. The number of para-hydroxylation sites is 1. The third kappa shape index (κ3) is 8.86. The summed E-state index contributed by atoms with van der Waals surface area (Å²) in [6, 6.07) is 8.30. The summed E-state index contributed by atoms with van der Waals surface area (Å²) >= 11 is 0. The van der Waals surface area contributed by atoms with E-state index in [1.807, 2.05) is 24.3 Å². The Labute approximate surface area is 224 Å². The van der Waals surface area contributed by atoms with Crippen LogP contribution in [0.4, 0.5) is 0 Å². The van der Waals surface area contributed by atoms with Crippen molar-refractivity contribution in [3.05, 3.63) is 63.5 Å². The van der Waals surface area contributed by atoms with Crippen molar-refractivity contribution in [3.8, 4) is 5.75 Å². The lowest BCUT2D eigenvalue weighted by Gasteiger charge is -2.29. The van der Waals surface area contributed by atoms with Crippen molar-refractivity contribution >= 4 is 10.9 Å². The first-order chi connectivity index (χ1) is 17.7. The topological polar surface area (TPSA) is 63.5 Å². The molecule has 2 aromatic rings. The van der Waals surface area contributed by atoms with Gasteiger partial charge in [-0.05, 0) is 72.3 Å². The Bertz CT molecular complexity index is 1100. The van der Waals surface area contributed by atoms with E-state index in [0.29, 0.717) is 12.6 Å². The van der Waals surface area contributed by atoms with Crippen molar-refractivity contribution in [2.24, 2.45) is 0 Å². The molecule has 37 heavy (non-hydrogen) atoms. The highest BCUT2D eigenvalue weighted by Gasteiger charge is 2.28. The number of nitrogens with zero attached hydrogens (tertiary/aromatic N) is 1. The molecule has 3 unspecified atom stereocenters. The minimum absolute atomic E-state index is 0.0622. The Balaban J connectivity index is 2.15. The summed E-state index contributed by atoms with van der Waals surface area (Å²) in [6.07, 6.45) is 11.1. The van der Waals surface area contributed by atoms with Gasteiger partial charge in [0.1, 0.15) is 0 Å². The van der Waals surface area contributed by atoms with Gasteiger partial charge in [-0.15, -0.1) is 0 Å². The second kappa shape index (κ2) is 15.8. The largest absolute Gasteiger partial charge is 0.503 e. The molecule has 0 bridgehead atoms. The zero-order valence-corrected chi connectivity index (χ0v) is 24.3. The Morgan fingerprint density at radius 1 is 1.14 bits per heavy atom. The van der Waals surface area contributed by atoms with Crippen molar-refractivity contribution in [1.82, 2.24) is 9.88 Å². The Morgan fingerprint density at radius 2 is 1.86 bits per heavy atom. The molecule has 0 aliphatic rings. The van der Waals surface area contributed by atoms with Crippen LogP contribution in [-0.4, -0.2) is 35.5 Å². The molecule has 5 nitrogen and oxygen atoms in total. The maximum absolute atomic E-state index is 13.2. The second-order valence-electron chi connectivity index (χ2n) is 10.6. The van der Waals surface area contributed by atoms with Gasteiger partial charge in [0.15, 0.2) is 5.75 Å². The van der Waals surface area contributed by atoms with E-state index >= 15 is 0 Å². The SMILES string of the molecule is CCCCn1c(=O)c(O)c(C(CC)C(CCC(C)NCC=C(C)CCC=C(C)C)OC)c2ccccc21. The zero-order valence-electron chi connectivity index (χ0n) is 24.3. The molecule has 5 heteroatoms. The molecule has 0 aliphatic heterocycles. The van der Waals surface area contributed by atoms with Crippen molar-refractivity contribution in [2.45, 2.75) is 111 Å². The van der Waals surface area contributed by atoms with Crippen LogP contribution in [0.15, 0.2) is 52.4 Å². The quantitative estimate of drug-likeness (QED) is 0.230. The van der Waals surface area contributed by atoms with Crippen LogP contribution < -0.4 is 10.9 Å². The van der Waals surface area contributed by atoms with E-state index in [2.05, 4.69) is 59.0 Å². The fourth-order valence-electron chi connectivity index (χ4n) is 5.11. The molecule has 0 saturated heterocycles. The molecular formula is C32H50N2O3. The molecule has 0 saturated carbocycles. The molecule has 0 amide bonds. The average Bonchev–Trinajstić information content (AvgIpc) is 2.87. The van der Waals surface area contributed by atoms with Crippen LogP contribution in [0.5, 0.6) is 5.75 Å². The van der Waals surface area contributed by atoms with E-state index in [1.165, 1.54) is 11.1 Å². The maximum Gasteiger partial charge on any atom is 0.293 e. The van der Waals surface area contributed by atoms with E-state index in [1.54, 1.807) is 11.7 Å². The number of allylic oxidation sites excluding steroid dienone is 3. The number of ether oxygens (including phenoxy) is 1. The van der Waals surface area contributed by atoms with Gasteiger partial charge in [0.2, 0.25) is 0 Å². The molecule has 1 heterocycles. The third-order valence-corrected chi connectivity index (χ3v) is 7.38. The lowest BCUT2D eigenvalue weighted by molar-refractivity contribution is 0.0662. The summed E-state index contributed by atoms with van der Waals surface area (Å²) in [5.74, 6) is -0.184. The molecule has 1 aromatic carbocycles. The number of aromatic nitrogens is 1.